The van der Waals surface area contributed by atoms with E-state index in [-0.39, 0.29) is 5.56 Å². The van der Waals surface area contributed by atoms with Gasteiger partial charge in [-0.25, -0.2) is 8.42 Å². The van der Waals surface area contributed by atoms with Gasteiger partial charge in [-0.15, -0.1) is 4.83 Å². The number of rotatable bonds is 4. The minimum atomic E-state index is -4.85. The van der Waals surface area contributed by atoms with Crippen LogP contribution in [0.2, 0.25) is 0 Å². The molecule has 2 N–H and O–H groups in total. The van der Waals surface area contributed by atoms with E-state index >= 15 is 0 Å². The van der Waals surface area contributed by atoms with Crippen molar-refractivity contribution in [3.8, 4) is 0 Å². The highest BCUT2D eigenvalue weighted by atomic mass is 32.2. The standard InChI is InChI=1S/C18H13F3N2O3S/c19-18(20,21)15-7-3-4-8-16(15)27(25,26)23-22-17(24)14-10-9-12-5-1-2-6-13(12)11-14/h1-11,23H,(H,22,24). The van der Waals surface area contributed by atoms with Gasteiger partial charge in [-0.3, -0.25) is 10.2 Å². The van der Waals surface area contributed by atoms with Crippen molar-refractivity contribution in [3.63, 3.8) is 0 Å². The van der Waals surface area contributed by atoms with Gasteiger partial charge in [0.15, 0.2) is 0 Å². The van der Waals surface area contributed by atoms with E-state index in [2.05, 4.69) is 0 Å². The molecular formula is C18H13F3N2O3S. The smallest absolute Gasteiger partial charge is 0.273 e. The van der Waals surface area contributed by atoms with Crippen LogP contribution >= 0.6 is 0 Å². The summed E-state index contributed by atoms with van der Waals surface area (Å²) in [4.78, 5) is 12.9. The van der Waals surface area contributed by atoms with Crippen LogP contribution in [0.3, 0.4) is 0 Å². The molecule has 27 heavy (non-hydrogen) atoms. The third kappa shape index (κ3) is 4.09. The summed E-state index contributed by atoms with van der Waals surface area (Å²) in [6.07, 6.45) is -4.85. The van der Waals surface area contributed by atoms with Crippen LogP contribution < -0.4 is 10.3 Å². The molecule has 0 aliphatic carbocycles. The molecule has 0 aromatic heterocycles. The number of hydrogen-bond acceptors (Lipinski definition) is 3. The van der Waals surface area contributed by atoms with E-state index in [0.29, 0.717) is 6.07 Å². The van der Waals surface area contributed by atoms with Crippen molar-refractivity contribution in [2.45, 2.75) is 11.1 Å². The molecule has 140 valence electrons. The Morgan fingerprint density at radius 1 is 0.852 bits per heavy atom. The molecule has 0 saturated carbocycles. The first kappa shape index (κ1) is 18.9. The van der Waals surface area contributed by atoms with Gasteiger partial charge in [0.2, 0.25) is 0 Å². The first-order chi connectivity index (χ1) is 12.7. The van der Waals surface area contributed by atoms with Crippen molar-refractivity contribution < 1.29 is 26.4 Å². The summed E-state index contributed by atoms with van der Waals surface area (Å²) in [6.45, 7) is 0. The number of hydrogen-bond donors (Lipinski definition) is 2. The van der Waals surface area contributed by atoms with E-state index in [1.54, 1.807) is 29.1 Å². The first-order valence-electron chi connectivity index (χ1n) is 7.66. The van der Waals surface area contributed by atoms with Gasteiger partial charge in [-0.2, -0.15) is 13.2 Å². The maximum absolute atomic E-state index is 13.0. The van der Waals surface area contributed by atoms with Crippen molar-refractivity contribution in [1.29, 1.82) is 0 Å². The molecule has 0 atom stereocenters. The Labute approximate surface area is 152 Å². The zero-order valence-electron chi connectivity index (χ0n) is 13.6. The molecule has 0 aliphatic rings. The molecule has 0 radical (unpaired) electrons. The number of alkyl halides is 3. The fraction of sp³-hybridized carbons (Fsp3) is 0.0556. The number of nitrogens with one attached hydrogen (secondary N) is 2. The largest absolute Gasteiger partial charge is 0.417 e. The van der Waals surface area contributed by atoms with Crippen molar-refractivity contribution in [2.75, 3.05) is 0 Å². The molecule has 0 spiro atoms. The molecule has 5 nitrogen and oxygen atoms in total. The van der Waals surface area contributed by atoms with Gasteiger partial charge in [0.25, 0.3) is 15.9 Å². The van der Waals surface area contributed by atoms with Gasteiger partial charge >= 0.3 is 6.18 Å². The Morgan fingerprint density at radius 2 is 1.48 bits per heavy atom. The highest BCUT2D eigenvalue weighted by molar-refractivity contribution is 7.89. The number of benzene rings is 3. The third-order valence-corrected chi connectivity index (χ3v) is 5.10. The summed E-state index contributed by atoms with van der Waals surface area (Å²) >= 11 is 0. The van der Waals surface area contributed by atoms with Crippen molar-refractivity contribution in [3.05, 3.63) is 77.9 Å². The van der Waals surface area contributed by atoms with Crippen molar-refractivity contribution >= 4 is 26.7 Å². The lowest BCUT2D eigenvalue weighted by Gasteiger charge is -2.14. The topological polar surface area (TPSA) is 75.3 Å². The molecule has 9 heteroatoms. The Kier molecular flexibility index (Phi) is 4.90. The van der Waals surface area contributed by atoms with Gasteiger partial charge in [0, 0.05) is 5.56 Å². The molecule has 0 heterocycles. The predicted octanol–water partition coefficient (Wildman–Crippen LogP) is 3.48. The number of carbonyl (C=O) groups is 1. The molecule has 0 fully saturated rings. The lowest BCUT2D eigenvalue weighted by molar-refractivity contribution is -0.139. The number of hydrazine groups is 1. The fourth-order valence-electron chi connectivity index (χ4n) is 2.51. The van der Waals surface area contributed by atoms with Crippen LogP contribution in [0, 0.1) is 0 Å². The van der Waals surface area contributed by atoms with Crippen LogP contribution in [0.15, 0.2) is 71.6 Å². The molecule has 3 aromatic carbocycles. The second-order valence-corrected chi connectivity index (χ2v) is 7.27. The summed E-state index contributed by atoms with van der Waals surface area (Å²) in [5, 5.41) is 1.64. The predicted molar refractivity (Wildman–Crippen MR) is 93.2 cm³/mol. The summed E-state index contributed by atoms with van der Waals surface area (Å²) in [5.41, 5.74) is 0.768. The van der Waals surface area contributed by atoms with Crippen LogP contribution in [0.4, 0.5) is 13.2 Å². The zero-order chi connectivity index (χ0) is 19.7. The summed E-state index contributed by atoms with van der Waals surface area (Å²) in [5.74, 6) is -0.797. The van der Waals surface area contributed by atoms with Gasteiger partial charge < -0.3 is 0 Å². The van der Waals surface area contributed by atoms with Crippen LogP contribution in [-0.4, -0.2) is 14.3 Å². The Bertz CT molecular complexity index is 1110. The van der Waals surface area contributed by atoms with Gasteiger partial charge in [0.1, 0.15) is 0 Å². The van der Waals surface area contributed by atoms with E-state index in [9.17, 15) is 26.4 Å². The zero-order valence-corrected chi connectivity index (χ0v) is 14.4. The Balaban J connectivity index is 1.82. The highest BCUT2D eigenvalue weighted by Gasteiger charge is 2.36. The highest BCUT2D eigenvalue weighted by Crippen LogP contribution is 2.33. The van der Waals surface area contributed by atoms with Crippen LogP contribution in [0.1, 0.15) is 15.9 Å². The molecule has 0 bridgehead atoms. The molecule has 0 saturated heterocycles. The number of fused-ring (bicyclic) bond motifs is 1. The van der Waals surface area contributed by atoms with Gasteiger partial charge in [-0.05, 0) is 35.0 Å². The van der Waals surface area contributed by atoms with E-state index in [4.69, 9.17) is 0 Å². The fourth-order valence-corrected chi connectivity index (χ4v) is 3.57. The maximum Gasteiger partial charge on any atom is 0.417 e. The van der Waals surface area contributed by atoms with E-state index in [1.807, 2.05) is 17.6 Å². The quantitative estimate of drug-likeness (QED) is 0.666. The lowest BCUT2D eigenvalue weighted by atomic mass is 10.1. The summed E-state index contributed by atoms with van der Waals surface area (Å²) in [7, 11) is -4.62. The second kappa shape index (κ2) is 7.01. The SMILES string of the molecule is O=C(NNS(=O)(=O)c1ccccc1C(F)(F)F)c1ccc2ccccc2c1. The van der Waals surface area contributed by atoms with Gasteiger partial charge in [-0.1, -0.05) is 42.5 Å². The normalized spacial score (nSPS) is 12.1. The van der Waals surface area contributed by atoms with E-state index < -0.39 is 32.6 Å². The molecule has 3 rings (SSSR count). The maximum atomic E-state index is 13.0. The minimum absolute atomic E-state index is 0.153. The average molecular weight is 394 g/mol. The second-order valence-electron chi connectivity index (χ2n) is 5.62. The van der Waals surface area contributed by atoms with Gasteiger partial charge in [0.05, 0.1) is 10.5 Å². The molecule has 3 aromatic rings. The number of halogens is 3. The third-order valence-electron chi connectivity index (χ3n) is 3.79. The summed E-state index contributed by atoms with van der Waals surface area (Å²) in [6, 6.07) is 15.6. The number of carbonyl (C=O) groups excluding carboxylic acids is 1. The number of amides is 1. The lowest BCUT2D eigenvalue weighted by Crippen LogP contribution is -2.42. The van der Waals surface area contributed by atoms with E-state index in [0.717, 1.165) is 29.0 Å². The molecular weight excluding hydrogens is 381 g/mol. The monoisotopic (exact) mass is 394 g/mol. The van der Waals surface area contributed by atoms with Crippen molar-refractivity contribution in [2.24, 2.45) is 0 Å². The Hall–Kier alpha value is -2.91. The Morgan fingerprint density at radius 3 is 2.19 bits per heavy atom. The average Bonchev–Trinajstić information content (AvgIpc) is 2.65. The first-order valence-corrected chi connectivity index (χ1v) is 9.14. The molecule has 1 amide bonds. The van der Waals surface area contributed by atoms with Crippen molar-refractivity contribution in [1.82, 2.24) is 10.3 Å². The van der Waals surface area contributed by atoms with Crippen LogP contribution in [0.25, 0.3) is 10.8 Å². The van der Waals surface area contributed by atoms with E-state index in [1.165, 1.54) is 6.07 Å². The summed E-state index contributed by atoms with van der Waals surface area (Å²) < 4.78 is 63.5. The molecule has 0 aliphatic heterocycles. The number of sulfonamides is 1. The van der Waals surface area contributed by atoms with Crippen LogP contribution in [-0.2, 0) is 16.2 Å². The minimum Gasteiger partial charge on any atom is -0.273 e. The molecule has 0 unspecified atom stereocenters. The van der Waals surface area contributed by atoms with Crippen LogP contribution in [0.5, 0.6) is 0 Å².